The summed E-state index contributed by atoms with van der Waals surface area (Å²) >= 11 is 0. The average Bonchev–Trinajstić information content (AvgIpc) is 2.87. The van der Waals surface area contributed by atoms with Gasteiger partial charge in [0.15, 0.2) is 0 Å². The molecule has 0 aliphatic carbocycles. The number of carbonyl (C=O) groups excluding carboxylic acids is 1. The Balaban J connectivity index is 1.88. The molecule has 1 amide bonds. The van der Waals surface area contributed by atoms with Gasteiger partial charge >= 0.3 is 0 Å². The van der Waals surface area contributed by atoms with Crippen LogP contribution in [0.25, 0.3) is 10.8 Å². The first kappa shape index (κ1) is 14.1. The van der Waals surface area contributed by atoms with Crippen LogP contribution < -0.4 is 5.73 Å². The Morgan fingerprint density at radius 2 is 1.95 bits per heavy atom. The second kappa shape index (κ2) is 5.86. The molecule has 2 aromatic rings. The van der Waals surface area contributed by atoms with Gasteiger partial charge in [0.25, 0.3) is 5.91 Å². The Kier molecular flexibility index (Phi) is 3.93. The molecule has 1 heterocycles. The molecule has 2 atom stereocenters. The van der Waals surface area contributed by atoms with Crippen molar-refractivity contribution < 1.29 is 4.79 Å². The summed E-state index contributed by atoms with van der Waals surface area (Å²) in [7, 11) is 0. The number of hydrogen-bond acceptors (Lipinski definition) is 2. The number of amides is 1. The van der Waals surface area contributed by atoms with Gasteiger partial charge in [0.05, 0.1) is 0 Å². The third-order valence-corrected chi connectivity index (χ3v) is 4.46. The maximum atomic E-state index is 12.8. The van der Waals surface area contributed by atoms with Gasteiger partial charge in [-0.25, -0.2) is 0 Å². The van der Waals surface area contributed by atoms with Crippen LogP contribution in [0.3, 0.4) is 0 Å². The third-order valence-electron chi connectivity index (χ3n) is 4.46. The van der Waals surface area contributed by atoms with E-state index in [0.29, 0.717) is 12.5 Å². The number of likely N-dealkylation sites (tertiary alicyclic amines) is 1. The molecule has 21 heavy (non-hydrogen) atoms. The van der Waals surface area contributed by atoms with E-state index >= 15 is 0 Å². The quantitative estimate of drug-likeness (QED) is 0.940. The lowest BCUT2D eigenvalue weighted by Gasteiger charge is -2.17. The first-order valence-electron chi connectivity index (χ1n) is 7.73. The summed E-state index contributed by atoms with van der Waals surface area (Å²) in [6, 6.07) is 14.1. The molecule has 0 aromatic heterocycles. The van der Waals surface area contributed by atoms with E-state index in [1.165, 1.54) is 0 Å². The van der Waals surface area contributed by atoms with Gasteiger partial charge in [-0.15, -0.1) is 0 Å². The number of fused-ring (bicyclic) bond motifs is 1. The van der Waals surface area contributed by atoms with E-state index in [0.717, 1.165) is 35.7 Å². The maximum Gasteiger partial charge on any atom is 0.254 e. The molecular formula is C18H22N2O. The van der Waals surface area contributed by atoms with E-state index in [1.54, 1.807) is 0 Å². The molecule has 2 aromatic carbocycles. The predicted molar refractivity (Wildman–Crippen MR) is 86.2 cm³/mol. The molecule has 0 saturated carbocycles. The first-order valence-corrected chi connectivity index (χ1v) is 7.73. The fraction of sp³-hybridized carbons (Fsp3) is 0.389. The summed E-state index contributed by atoms with van der Waals surface area (Å²) in [6.45, 7) is 3.63. The monoisotopic (exact) mass is 282 g/mol. The van der Waals surface area contributed by atoms with Crippen molar-refractivity contribution in [3.05, 3.63) is 48.0 Å². The highest BCUT2D eigenvalue weighted by Gasteiger charge is 2.32. The molecule has 3 heteroatoms. The van der Waals surface area contributed by atoms with Crippen molar-refractivity contribution in [2.45, 2.75) is 25.8 Å². The molecule has 1 fully saturated rings. The Hall–Kier alpha value is -1.87. The lowest BCUT2D eigenvalue weighted by molar-refractivity contribution is 0.0787. The van der Waals surface area contributed by atoms with Crippen LogP contribution in [-0.4, -0.2) is 29.9 Å². The maximum absolute atomic E-state index is 12.8. The molecule has 0 bridgehead atoms. The smallest absolute Gasteiger partial charge is 0.254 e. The molecule has 2 unspecified atom stereocenters. The van der Waals surface area contributed by atoms with Gasteiger partial charge in [-0.2, -0.15) is 0 Å². The molecule has 1 saturated heterocycles. The second-order valence-corrected chi connectivity index (χ2v) is 5.95. The van der Waals surface area contributed by atoms with Gasteiger partial charge in [0.2, 0.25) is 0 Å². The molecule has 0 spiro atoms. The number of carbonyl (C=O) groups is 1. The molecular weight excluding hydrogens is 260 g/mol. The molecule has 3 nitrogen and oxygen atoms in total. The van der Waals surface area contributed by atoms with Gasteiger partial charge in [0, 0.05) is 24.7 Å². The minimum absolute atomic E-state index is 0.112. The highest BCUT2D eigenvalue weighted by molar-refractivity contribution is 6.07. The van der Waals surface area contributed by atoms with Crippen LogP contribution in [0.5, 0.6) is 0 Å². The van der Waals surface area contributed by atoms with Gasteiger partial charge in [-0.05, 0) is 29.2 Å². The number of nitrogens with zero attached hydrogens (tertiary/aromatic N) is 1. The first-order chi connectivity index (χ1) is 10.2. The van der Waals surface area contributed by atoms with E-state index in [9.17, 15) is 4.79 Å². The zero-order chi connectivity index (χ0) is 14.8. The molecule has 3 rings (SSSR count). The van der Waals surface area contributed by atoms with Crippen LogP contribution in [-0.2, 0) is 0 Å². The summed E-state index contributed by atoms with van der Waals surface area (Å²) < 4.78 is 0. The van der Waals surface area contributed by atoms with Crippen molar-refractivity contribution in [1.29, 1.82) is 0 Å². The normalized spacial score (nSPS) is 21.9. The summed E-state index contributed by atoms with van der Waals surface area (Å²) in [5, 5.41) is 2.13. The number of rotatable bonds is 3. The molecule has 2 N–H and O–H groups in total. The number of hydrogen-bond donors (Lipinski definition) is 1. The van der Waals surface area contributed by atoms with Crippen LogP contribution in [0.15, 0.2) is 42.5 Å². The Morgan fingerprint density at radius 1 is 1.19 bits per heavy atom. The fourth-order valence-electron chi connectivity index (χ4n) is 3.32. The highest BCUT2D eigenvalue weighted by Crippen LogP contribution is 2.25. The van der Waals surface area contributed by atoms with Crippen molar-refractivity contribution >= 4 is 16.7 Å². The lowest BCUT2D eigenvalue weighted by Crippen LogP contribution is -2.32. The third kappa shape index (κ3) is 2.66. The zero-order valence-corrected chi connectivity index (χ0v) is 12.5. The SMILES string of the molecule is CCCC1CN(C(=O)c2cccc3ccccc23)CC1N. The van der Waals surface area contributed by atoms with E-state index in [-0.39, 0.29) is 11.9 Å². The zero-order valence-electron chi connectivity index (χ0n) is 12.5. The van der Waals surface area contributed by atoms with Crippen molar-refractivity contribution in [2.75, 3.05) is 13.1 Å². The number of benzene rings is 2. The van der Waals surface area contributed by atoms with Crippen LogP contribution in [0, 0.1) is 5.92 Å². The largest absolute Gasteiger partial charge is 0.337 e. The van der Waals surface area contributed by atoms with Gasteiger partial charge in [-0.1, -0.05) is 49.7 Å². The molecule has 110 valence electrons. The lowest BCUT2D eigenvalue weighted by atomic mass is 9.99. The summed E-state index contributed by atoms with van der Waals surface area (Å²) in [5.74, 6) is 0.551. The van der Waals surface area contributed by atoms with E-state index in [4.69, 9.17) is 5.73 Å². The van der Waals surface area contributed by atoms with Crippen LogP contribution >= 0.6 is 0 Å². The standard InChI is InChI=1S/C18H22N2O/c1-2-6-14-11-20(12-17(14)19)18(21)16-10-5-8-13-7-3-4-9-15(13)16/h3-5,7-10,14,17H,2,6,11-12,19H2,1H3. The predicted octanol–water partition coefficient (Wildman–Crippen LogP) is 3.04. The topological polar surface area (TPSA) is 46.3 Å². The minimum atomic E-state index is 0.112. The Morgan fingerprint density at radius 3 is 2.76 bits per heavy atom. The van der Waals surface area contributed by atoms with Crippen LogP contribution in [0.2, 0.25) is 0 Å². The van der Waals surface area contributed by atoms with E-state index < -0.39 is 0 Å². The van der Waals surface area contributed by atoms with Crippen LogP contribution in [0.1, 0.15) is 30.1 Å². The van der Waals surface area contributed by atoms with Gasteiger partial charge in [0.1, 0.15) is 0 Å². The van der Waals surface area contributed by atoms with Crippen molar-refractivity contribution in [2.24, 2.45) is 11.7 Å². The highest BCUT2D eigenvalue weighted by atomic mass is 16.2. The van der Waals surface area contributed by atoms with E-state index in [1.807, 2.05) is 47.4 Å². The van der Waals surface area contributed by atoms with Gasteiger partial charge in [-0.3, -0.25) is 4.79 Å². The Bertz CT molecular complexity index is 647. The Labute approximate surface area is 125 Å². The minimum Gasteiger partial charge on any atom is -0.337 e. The van der Waals surface area contributed by atoms with Crippen LogP contribution in [0.4, 0.5) is 0 Å². The average molecular weight is 282 g/mol. The summed E-state index contributed by atoms with van der Waals surface area (Å²) in [5.41, 5.74) is 6.98. The molecule has 0 radical (unpaired) electrons. The summed E-state index contributed by atoms with van der Waals surface area (Å²) in [4.78, 5) is 14.8. The van der Waals surface area contributed by atoms with Crippen molar-refractivity contribution in [1.82, 2.24) is 4.90 Å². The second-order valence-electron chi connectivity index (χ2n) is 5.95. The number of nitrogens with two attached hydrogens (primary N) is 1. The fourth-order valence-corrected chi connectivity index (χ4v) is 3.32. The molecule has 1 aliphatic heterocycles. The van der Waals surface area contributed by atoms with Crippen molar-refractivity contribution in [3.63, 3.8) is 0 Å². The summed E-state index contributed by atoms with van der Waals surface area (Å²) in [6.07, 6.45) is 2.22. The molecule has 1 aliphatic rings. The van der Waals surface area contributed by atoms with Crippen molar-refractivity contribution in [3.8, 4) is 0 Å². The van der Waals surface area contributed by atoms with E-state index in [2.05, 4.69) is 6.92 Å². The van der Waals surface area contributed by atoms with Gasteiger partial charge < -0.3 is 10.6 Å².